The van der Waals surface area contributed by atoms with E-state index in [4.69, 9.17) is 0 Å². The Morgan fingerprint density at radius 1 is 1.03 bits per heavy atom. The van der Waals surface area contributed by atoms with Gasteiger partial charge in [-0.15, -0.1) is 0 Å². The number of hydrogen-bond acceptors (Lipinski definition) is 4. The van der Waals surface area contributed by atoms with Gasteiger partial charge in [-0.25, -0.2) is 0 Å². The minimum Gasteiger partial charge on any atom is -0.381 e. The van der Waals surface area contributed by atoms with E-state index in [1.165, 1.54) is 5.56 Å². The zero-order valence-corrected chi connectivity index (χ0v) is 17.6. The Hall–Kier alpha value is -3.28. The first kappa shape index (κ1) is 20.0. The highest BCUT2D eigenvalue weighted by molar-refractivity contribution is 5.79. The van der Waals surface area contributed by atoms with Crippen molar-refractivity contribution in [3.63, 3.8) is 0 Å². The second-order valence-electron chi connectivity index (χ2n) is 7.79. The van der Waals surface area contributed by atoms with Gasteiger partial charge in [0.15, 0.2) is 0 Å². The van der Waals surface area contributed by atoms with Crippen LogP contribution in [0.25, 0.3) is 10.9 Å². The number of benzene rings is 2. The number of nitrogens with one attached hydrogen (secondary N) is 2. The number of carbonyl (C=O) groups excluding carboxylic acids is 1. The number of amides is 1. The topological polar surface area (TPSA) is 68.4 Å². The number of piperazine rings is 1. The number of hydrogen-bond donors (Lipinski definition) is 2. The van der Waals surface area contributed by atoms with E-state index in [0.29, 0.717) is 6.54 Å². The minimum absolute atomic E-state index is 0.0563. The summed E-state index contributed by atoms with van der Waals surface area (Å²) in [5.41, 5.74) is 4.92. The third-order valence-corrected chi connectivity index (χ3v) is 5.83. The second-order valence-corrected chi connectivity index (χ2v) is 7.79. The first-order valence-corrected chi connectivity index (χ1v) is 10.5. The number of pyridine rings is 1. The maximum absolute atomic E-state index is 12.4. The summed E-state index contributed by atoms with van der Waals surface area (Å²) in [7, 11) is 0. The van der Waals surface area contributed by atoms with Gasteiger partial charge < -0.3 is 20.1 Å². The predicted molar refractivity (Wildman–Crippen MR) is 122 cm³/mol. The molecule has 0 atom stereocenters. The van der Waals surface area contributed by atoms with Crippen molar-refractivity contribution in [1.82, 2.24) is 9.88 Å². The number of aromatic nitrogens is 1. The highest BCUT2D eigenvalue weighted by Crippen LogP contribution is 2.20. The molecule has 0 radical (unpaired) electrons. The van der Waals surface area contributed by atoms with Crippen LogP contribution in [0.2, 0.25) is 0 Å². The molecule has 1 aliphatic heterocycles. The number of aryl methyl sites for hydroxylation is 1. The lowest BCUT2D eigenvalue weighted by Gasteiger charge is -2.35. The molecular weight excluding hydrogens is 376 g/mol. The van der Waals surface area contributed by atoms with Gasteiger partial charge in [-0.05, 0) is 59.8 Å². The first-order valence-electron chi connectivity index (χ1n) is 10.5. The van der Waals surface area contributed by atoms with Gasteiger partial charge >= 0.3 is 0 Å². The summed E-state index contributed by atoms with van der Waals surface area (Å²) in [4.78, 5) is 31.1. The van der Waals surface area contributed by atoms with Crippen LogP contribution in [0, 0.1) is 0 Å². The first-order chi connectivity index (χ1) is 14.5. The maximum atomic E-state index is 12.4. The Morgan fingerprint density at radius 3 is 2.43 bits per heavy atom. The summed E-state index contributed by atoms with van der Waals surface area (Å²) in [5.74, 6) is 0.142. The van der Waals surface area contributed by atoms with Crippen molar-refractivity contribution in [2.45, 2.75) is 26.8 Å². The summed E-state index contributed by atoms with van der Waals surface area (Å²) in [5, 5.41) is 4.42. The van der Waals surface area contributed by atoms with Gasteiger partial charge in [0.2, 0.25) is 5.91 Å². The number of H-pyrrole nitrogens is 1. The van der Waals surface area contributed by atoms with Gasteiger partial charge in [-0.1, -0.05) is 13.0 Å². The van der Waals surface area contributed by atoms with E-state index in [9.17, 15) is 9.59 Å². The van der Waals surface area contributed by atoms with Crippen molar-refractivity contribution >= 4 is 28.2 Å². The van der Waals surface area contributed by atoms with E-state index in [1.54, 1.807) is 6.92 Å². The molecule has 1 amide bonds. The van der Waals surface area contributed by atoms with E-state index in [-0.39, 0.29) is 11.5 Å². The van der Waals surface area contributed by atoms with Crippen LogP contribution in [-0.2, 0) is 17.8 Å². The van der Waals surface area contributed by atoms with E-state index >= 15 is 0 Å². The van der Waals surface area contributed by atoms with Gasteiger partial charge in [-0.3, -0.25) is 9.59 Å². The van der Waals surface area contributed by atoms with Crippen LogP contribution >= 0.6 is 0 Å². The molecule has 156 valence electrons. The third-order valence-electron chi connectivity index (χ3n) is 5.83. The molecular formula is C24H28N4O2. The summed E-state index contributed by atoms with van der Waals surface area (Å²) in [6.45, 7) is 7.44. The molecule has 6 heteroatoms. The number of rotatable bonds is 5. The molecule has 4 rings (SSSR count). The zero-order valence-electron chi connectivity index (χ0n) is 17.6. The van der Waals surface area contributed by atoms with Crippen LogP contribution in [0.15, 0.2) is 53.3 Å². The van der Waals surface area contributed by atoms with Crippen LogP contribution in [0.5, 0.6) is 0 Å². The molecule has 30 heavy (non-hydrogen) atoms. The van der Waals surface area contributed by atoms with Crippen LogP contribution < -0.4 is 15.8 Å². The monoisotopic (exact) mass is 404 g/mol. The quantitative estimate of drug-likeness (QED) is 0.684. The van der Waals surface area contributed by atoms with Crippen LogP contribution in [-0.4, -0.2) is 42.0 Å². The SMILES string of the molecule is CCc1ccc2[nH]c(=O)c(CNc3ccc(N4CCN(C(C)=O)CC4)cc3)cc2c1. The number of aromatic amines is 1. The Kier molecular flexibility index (Phi) is 5.74. The normalized spacial score (nSPS) is 14.2. The van der Waals surface area contributed by atoms with Gasteiger partial charge in [-0.2, -0.15) is 0 Å². The fraction of sp³-hybridized carbons (Fsp3) is 0.333. The highest BCUT2D eigenvalue weighted by Gasteiger charge is 2.18. The second kappa shape index (κ2) is 8.61. The molecule has 6 nitrogen and oxygen atoms in total. The minimum atomic E-state index is -0.0563. The van der Waals surface area contributed by atoms with Gasteiger partial charge in [0, 0.05) is 62.1 Å². The van der Waals surface area contributed by atoms with Gasteiger partial charge in [0.25, 0.3) is 5.56 Å². The van der Waals surface area contributed by atoms with E-state index < -0.39 is 0 Å². The van der Waals surface area contributed by atoms with E-state index in [2.05, 4.69) is 46.4 Å². The molecule has 1 fully saturated rings. The molecule has 2 heterocycles. The molecule has 0 bridgehead atoms. The van der Waals surface area contributed by atoms with Crippen molar-refractivity contribution in [2.24, 2.45) is 0 Å². The number of anilines is 2. The summed E-state index contributed by atoms with van der Waals surface area (Å²) in [6.07, 6.45) is 0.971. The zero-order chi connectivity index (χ0) is 21.1. The summed E-state index contributed by atoms with van der Waals surface area (Å²) < 4.78 is 0. The largest absolute Gasteiger partial charge is 0.381 e. The Labute approximate surface area is 176 Å². The molecule has 1 aromatic heterocycles. The molecule has 2 aromatic carbocycles. The molecule has 2 N–H and O–H groups in total. The molecule has 0 unspecified atom stereocenters. The maximum Gasteiger partial charge on any atom is 0.253 e. The molecule has 1 saturated heterocycles. The molecule has 0 aliphatic carbocycles. The lowest BCUT2D eigenvalue weighted by atomic mass is 10.1. The van der Waals surface area contributed by atoms with E-state index in [1.807, 2.05) is 29.2 Å². The smallest absolute Gasteiger partial charge is 0.253 e. The lowest BCUT2D eigenvalue weighted by molar-refractivity contribution is -0.129. The highest BCUT2D eigenvalue weighted by atomic mass is 16.2. The summed E-state index contributed by atoms with van der Waals surface area (Å²) in [6, 6.07) is 16.4. The van der Waals surface area contributed by atoms with Crippen molar-refractivity contribution < 1.29 is 4.79 Å². The fourth-order valence-corrected chi connectivity index (χ4v) is 3.92. The average molecular weight is 405 g/mol. The Bertz CT molecular complexity index is 1100. The fourth-order valence-electron chi connectivity index (χ4n) is 3.92. The Balaban J connectivity index is 1.41. The third kappa shape index (κ3) is 4.32. The average Bonchev–Trinajstić information content (AvgIpc) is 2.78. The van der Waals surface area contributed by atoms with Gasteiger partial charge in [0.05, 0.1) is 0 Å². The molecule has 0 spiro atoms. The van der Waals surface area contributed by atoms with Crippen molar-refractivity contribution in [1.29, 1.82) is 0 Å². The van der Waals surface area contributed by atoms with Gasteiger partial charge in [0.1, 0.15) is 0 Å². The molecule has 0 saturated carbocycles. The molecule has 1 aliphatic rings. The van der Waals surface area contributed by atoms with Crippen LogP contribution in [0.1, 0.15) is 25.0 Å². The van der Waals surface area contributed by atoms with Crippen molar-refractivity contribution in [3.05, 3.63) is 70.0 Å². The summed E-state index contributed by atoms with van der Waals surface area (Å²) >= 11 is 0. The Morgan fingerprint density at radius 2 is 1.77 bits per heavy atom. The van der Waals surface area contributed by atoms with Crippen molar-refractivity contribution in [3.8, 4) is 0 Å². The number of fused-ring (bicyclic) bond motifs is 1. The van der Waals surface area contributed by atoms with Crippen molar-refractivity contribution in [2.75, 3.05) is 36.4 Å². The van der Waals surface area contributed by atoms with E-state index in [0.717, 1.165) is 60.4 Å². The molecule has 3 aromatic rings. The lowest BCUT2D eigenvalue weighted by Crippen LogP contribution is -2.48. The number of carbonyl (C=O) groups is 1. The predicted octanol–water partition coefficient (Wildman–Crippen LogP) is 3.37. The standard InChI is InChI=1S/C24H28N4O2/c1-3-18-4-9-23-19(14-18)15-20(24(30)26-23)16-25-21-5-7-22(8-6-21)28-12-10-27(11-13-28)17(2)29/h4-9,14-15,25H,3,10-13,16H2,1-2H3,(H,26,30). The van der Waals surface area contributed by atoms with Crippen LogP contribution in [0.4, 0.5) is 11.4 Å². The number of nitrogens with zero attached hydrogens (tertiary/aromatic N) is 2. The van der Waals surface area contributed by atoms with Crippen LogP contribution in [0.3, 0.4) is 0 Å².